The van der Waals surface area contributed by atoms with Crippen LogP contribution in [0.15, 0.2) is 24.3 Å². The minimum absolute atomic E-state index is 0.988. The summed E-state index contributed by atoms with van der Waals surface area (Å²) < 4.78 is 0. The molecule has 9 heavy (non-hydrogen) atoms. The van der Waals surface area contributed by atoms with Crippen LogP contribution in [0.2, 0.25) is 0 Å². The van der Waals surface area contributed by atoms with Gasteiger partial charge in [-0.1, -0.05) is 24.6 Å². The normalized spacial score (nSPS) is 11.6. The molecule has 0 N–H and O–H groups in total. The van der Waals surface area contributed by atoms with Crippen molar-refractivity contribution in [1.82, 2.24) is 0 Å². The van der Waals surface area contributed by atoms with Crippen LogP contribution in [-0.4, -0.2) is 0 Å². The number of allylic oxidation sites excluding steroid dienone is 3. The summed E-state index contributed by atoms with van der Waals surface area (Å²) in [7, 11) is 0. The molecule has 1 radical (unpaired) electrons. The Bertz CT molecular complexity index is 98.6. The van der Waals surface area contributed by atoms with Crippen LogP contribution in [0.1, 0.15) is 26.7 Å². The summed E-state index contributed by atoms with van der Waals surface area (Å²) >= 11 is 0. The SMILES string of the molecule is C=CC[CH]C(C)=CCC. The molecule has 0 aliphatic carbocycles. The third-order valence-corrected chi connectivity index (χ3v) is 1.13. The van der Waals surface area contributed by atoms with E-state index < -0.39 is 0 Å². The van der Waals surface area contributed by atoms with Gasteiger partial charge in [-0.25, -0.2) is 0 Å². The molecule has 0 aliphatic rings. The number of rotatable bonds is 4. The molecule has 0 heteroatoms. The lowest BCUT2D eigenvalue weighted by atomic mass is 10.1. The second-order valence-electron chi connectivity index (χ2n) is 2.08. The van der Waals surface area contributed by atoms with E-state index in [4.69, 9.17) is 0 Å². The third-order valence-electron chi connectivity index (χ3n) is 1.13. The summed E-state index contributed by atoms with van der Waals surface area (Å²) in [5, 5.41) is 0. The lowest BCUT2D eigenvalue weighted by molar-refractivity contribution is 1.14. The summed E-state index contributed by atoms with van der Waals surface area (Å²) in [5.74, 6) is 0. The molecule has 0 fully saturated rings. The van der Waals surface area contributed by atoms with E-state index in [1.807, 2.05) is 6.08 Å². The summed E-state index contributed by atoms with van der Waals surface area (Å²) in [5.41, 5.74) is 1.36. The quantitative estimate of drug-likeness (QED) is 0.504. The molecule has 0 saturated carbocycles. The molecule has 0 rings (SSSR count). The average molecular weight is 123 g/mol. The highest BCUT2D eigenvalue weighted by Crippen LogP contribution is 2.02. The Morgan fingerprint density at radius 3 is 2.67 bits per heavy atom. The smallest absolute Gasteiger partial charge is 0.0103 e. The summed E-state index contributed by atoms with van der Waals surface area (Å²) in [6.45, 7) is 7.90. The molecule has 0 aliphatic heterocycles. The molecule has 0 nitrogen and oxygen atoms in total. The van der Waals surface area contributed by atoms with E-state index in [0.29, 0.717) is 0 Å². The van der Waals surface area contributed by atoms with Crippen LogP contribution < -0.4 is 0 Å². The van der Waals surface area contributed by atoms with Crippen molar-refractivity contribution in [3.05, 3.63) is 30.7 Å². The molecule has 51 valence electrons. The maximum atomic E-state index is 3.63. The van der Waals surface area contributed by atoms with Gasteiger partial charge in [0.25, 0.3) is 0 Å². The second-order valence-corrected chi connectivity index (χ2v) is 2.08. The molecule has 0 heterocycles. The highest BCUT2D eigenvalue weighted by Gasteiger charge is 1.84. The van der Waals surface area contributed by atoms with Crippen molar-refractivity contribution in [3.8, 4) is 0 Å². The topological polar surface area (TPSA) is 0 Å². The molecule has 0 saturated heterocycles. The minimum Gasteiger partial charge on any atom is -0.103 e. The molecule has 0 bridgehead atoms. The van der Waals surface area contributed by atoms with Crippen LogP contribution >= 0.6 is 0 Å². The maximum Gasteiger partial charge on any atom is -0.0103 e. The molecule has 0 amide bonds. The van der Waals surface area contributed by atoms with Gasteiger partial charge in [0.1, 0.15) is 0 Å². The van der Waals surface area contributed by atoms with Gasteiger partial charge in [-0.2, -0.15) is 0 Å². The molecule has 0 spiro atoms. The van der Waals surface area contributed by atoms with Gasteiger partial charge in [0, 0.05) is 0 Å². The first-order valence-electron chi connectivity index (χ1n) is 3.42. The predicted octanol–water partition coefficient (Wildman–Crippen LogP) is 3.12. The highest BCUT2D eigenvalue weighted by molar-refractivity contribution is 5.11. The molecule has 0 unspecified atom stereocenters. The first-order valence-corrected chi connectivity index (χ1v) is 3.42. The van der Waals surface area contributed by atoms with E-state index in [9.17, 15) is 0 Å². The van der Waals surface area contributed by atoms with Crippen molar-refractivity contribution in [2.24, 2.45) is 0 Å². The van der Waals surface area contributed by atoms with Gasteiger partial charge in [0.2, 0.25) is 0 Å². The van der Waals surface area contributed by atoms with Gasteiger partial charge >= 0.3 is 0 Å². The van der Waals surface area contributed by atoms with Crippen LogP contribution in [0, 0.1) is 6.42 Å². The van der Waals surface area contributed by atoms with Gasteiger partial charge in [-0.05, 0) is 26.2 Å². The van der Waals surface area contributed by atoms with E-state index >= 15 is 0 Å². The molecule has 0 aromatic heterocycles. The molecule has 0 aromatic rings. The Kier molecular flexibility index (Phi) is 5.29. The minimum atomic E-state index is 0.988. The first kappa shape index (κ1) is 8.48. The summed E-state index contributed by atoms with van der Waals surface area (Å²) in [6, 6.07) is 0. The predicted molar refractivity (Wildman–Crippen MR) is 43.2 cm³/mol. The van der Waals surface area contributed by atoms with Crippen molar-refractivity contribution < 1.29 is 0 Å². The van der Waals surface area contributed by atoms with Gasteiger partial charge in [0.15, 0.2) is 0 Å². The van der Waals surface area contributed by atoms with Crippen LogP contribution in [0.25, 0.3) is 0 Å². The van der Waals surface area contributed by atoms with Crippen molar-refractivity contribution in [3.63, 3.8) is 0 Å². The fourth-order valence-electron chi connectivity index (χ4n) is 0.675. The van der Waals surface area contributed by atoms with Crippen molar-refractivity contribution >= 4 is 0 Å². The molecule has 0 aromatic carbocycles. The first-order chi connectivity index (χ1) is 4.31. The Balaban J connectivity index is 3.36. The summed E-state index contributed by atoms with van der Waals surface area (Å²) in [4.78, 5) is 0. The highest BCUT2D eigenvalue weighted by atomic mass is 13.9. The van der Waals surface area contributed by atoms with E-state index in [1.54, 1.807) is 0 Å². The number of hydrogen-bond donors (Lipinski definition) is 0. The van der Waals surface area contributed by atoms with Gasteiger partial charge in [-0.3, -0.25) is 0 Å². The van der Waals surface area contributed by atoms with Crippen molar-refractivity contribution in [2.75, 3.05) is 0 Å². The van der Waals surface area contributed by atoms with Gasteiger partial charge in [0.05, 0.1) is 0 Å². The Morgan fingerprint density at radius 1 is 1.56 bits per heavy atom. The fraction of sp³-hybridized carbons (Fsp3) is 0.444. The summed E-state index contributed by atoms with van der Waals surface area (Å²) in [6.07, 6.45) is 8.41. The lowest BCUT2D eigenvalue weighted by Gasteiger charge is -1.93. The molecular formula is C9H15. The van der Waals surface area contributed by atoms with E-state index in [1.165, 1.54) is 5.57 Å². The van der Waals surface area contributed by atoms with E-state index in [2.05, 4.69) is 32.9 Å². The largest absolute Gasteiger partial charge is 0.103 e. The fourth-order valence-corrected chi connectivity index (χ4v) is 0.675. The zero-order valence-electron chi connectivity index (χ0n) is 6.35. The van der Waals surface area contributed by atoms with E-state index in [-0.39, 0.29) is 0 Å². The van der Waals surface area contributed by atoms with Crippen LogP contribution in [0.4, 0.5) is 0 Å². The van der Waals surface area contributed by atoms with Crippen LogP contribution in [0.5, 0.6) is 0 Å². The number of hydrogen-bond acceptors (Lipinski definition) is 0. The zero-order valence-corrected chi connectivity index (χ0v) is 6.35. The average Bonchev–Trinajstić information content (AvgIpc) is 1.85. The van der Waals surface area contributed by atoms with Gasteiger partial charge in [-0.15, -0.1) is 6.58 Å². The van der Waals surface area contributed by atoms with Crippen molar-refractivity contribution in [2.45, 2.75) is 26.7 Å². The van der Waals surface area contributed by atoms with E-state index in [0.717, 1.165) is 12.8 Å². The zero-order chi connectivity index (χ0) is 7.11. The lowest BCUT2D eigenvalue weighted by Crippen LogP contribution is -1.75. The van der Waals surface area contributed by atoms with Crippen molar-refractivity contribution in [1.29, 1.82) is 0 Å². The van der Waals surface area contributed by atoms with Crippen LogP contribution in [0.3, 0.4) is 0 Å². The van der Waals surface area contributed by atoms with Gasteiger partial charge < -0.3 is 0 Å². The monoisotopic (exact) mass is 123 g/mol. The maximum absolute atomic E-state index is 3.63. The third kappa shape index (κ3) is 5.35. The second kappa shape index (κ2) is 5.61. The van der Waals surface area contributed by atoms with Crippen LogP contribution in [-0.2, 0) is 0 Å². The Morgan fingerprint density at radius 2 is 2.22 bits per heavy atom. The Labute approximate surface area is 58.3 Å². The standard InChI is InChI=1S/C9H15/c1-4-6-8-9(3)7-5-2/h4,7-8H,1,5-6H2,2-3H3. The molecular weight excluding hydrogens is 108 g/mol. The Hall–Kier alpha value is -0.520. The molecule has 0 atom stereocenters.